The van der Waals surface area contributed by atoms with Crippen LogP contribution in [0.25, 0.3) is 5.57 Å². The first-order valence-electron chi connectivity index (χ1n) is 9.88. The van der Waals surface area contributed by atoms with Gasteiger partial charge in [-0.3, -0.25) is 4.79 Å². The average molecular weight is 417 g/mol. The van der Waals surface area contributed by atoms with Gasteiger partial charge in [-0.05, 0) is 41.7 Å². The smallest absolute Gasteiger partial charge is 0.339 e. The summed E-state index contributed by atoms with van der Waals surface area (Å²) in [6.45, 7) is 0. The number of unbranched alkanes of at least 4 members (excludes halogenated alkanes) is 1. The van der Waals surface area contributed by atoms with Gasteiger partial charge in [-0.2, -0.15) is 0 Å². The van der Waals surface area contributed by atoms with Crippen LogP contribution in [0.3, 0.4) is 0 Å². The third-order valence-electron chi connectivity index (χ3n) is 4.62. The van der Waals surface area contributed by atoms with Gasteiger partial charge in [0.1, 0.15) is 0 Å². The largest absolute Gasteiger partial charge is 0.465 e. The molecule has 0 aliphatic carbocycles. The number of benzene rings is 3. The van der Waals surface area contributed by atoms with E-state index < -0.39 is 5.97 Å². The number of esters is 1. The van der Waals surface area contributed by atoms with E-state index in [9.17, 15) is 9.59 Å². The third-order valence-corrected chi connectivity index (χ3v) is 5.63. The molecule has 3 aromatic carbocycles. The highest BCUT2D eigenvalue weighted by atomic mass is 32.2. The molecule has 3 nitrogen and oxygen atoms in total. The van der Waals surface area contributed by atoms with E-state index in [1.807, 2.05) is 42.5 Å². The van der Waals surface area contributed by atoms with Crippen LogP contribution in [0, 0.1) is 0 Å². The standard InChI is InChI=1S/C26H24O3S/c1-29-26(28)23-17-8-10-18-24(23)30-25(27)19-11-9-16-22(20-12-4-2-5-13-20)21-14-6-3-7-15-21/h2-8,10,12-18H,9,11,19H2,1H3. The van der Waals surface area contributed by atoms with Gasteiger partial charge in [0.05, 0.1) is 12.7 Å². The Balaban J connectivity index is 1.63. The zero-order valence-corrected chi connectivity index (χ0v) is 17.7. The Morgan fingerprint density at radius 2 is 1.40 bits per heavy atom. The molecule has 0 atom stereocenters. The molecule has 0 heterocycles. The lowest BCUT2D eigenvalue weighted by Gasteiger charge is -2.09. The van der Waals surface area contributed by atoms with E-state index in [0.29, 0.717) is 16.9 Å². The molecule has 0 N–H and O–H groups in total. The summed E-state index contributed by atoms with van der Waals surface area (Å²) in [5, 5.41) is 0.0423. The van der Waals surface area contributed by atoms with Crippen molar-refractivity contribution in [2.75, 3.05) is 7.11 Å². The first-order chi connectivity index (χ1) is 14.7. The number of carbonyl (C=O) groups is 2. The van der Waals surface area contributed by atoms with Crippen molar-refractivity contribution in [3.05, 3.63) is 108 Å². The molecule has 4 heteroatoms. The quantitative estimate of drug-likeness (QED) is 0.242. The summed E-state index contributed by atoms with van der Waals surface area (Å²) in [6.07, 6.45) is 4.18. The van der Waals surface area contributed by atoms with E-state index in [1.165, 1.54) is 12.7 Å². The summed E-state index contributed by atoms with van der Waals surface area (Å²) in [5.41, 5.74) is 3.92. The highest BCUT2D eigenvalue weighted by molar-refractivity contribution is 8.13. The molecule has 0 radical (unpaired) electrons. The van der Waals surface area contributed by atoms with Crippen LogP contribution >= 0.6 is 11.8 Å². The minimum absolute atomic E-state index is 0.0423. The Morgan fingerprint density at radius 3 is 2.00 bits per heavy atom. The zero-order chi connectivity index (χ0) is 21.2. The van der Waals surface area contributed by atoms with Gasteiger partial charge in [0.2, 0.25) is 0 Å². The second kappa shape index (κ2) is 11.2. The van der Waals surface area contributed by atoms with Gasteiger partial charge in [0.15, 0.2) is 5.12 Å². The summed E-state index contributed by atoms with van der Waals surface area (Å²) in [7, 11) is 1.34. The van der Waals surface area contributed by atoms with Crippen LogP contribution in [-0.2, 0) is 9.53 Å². The molecule has 0 fully saturated rings. The van der Waals surface area contributed by atoms with Crippen molar-refractivity contribution in [2.24, 2.45) is 0 Å². The van der Waals surface area contributed by atoms with Gasteiger partial charge in [-0.1, -0.05) is 90.6 Å². The number of rotatable bonds is 8. The van der Waals surface area contributed by atoms with E-state index >= 15 is 0 Å². The molecule has 0 spiro atoms. The highest BCUT2D eigenvalue weighted by Gasteiger charge is 2.14. The molecule has 0 aromatic heterocycles. The number of methoxy groups -OCH3 is 1. The minimum Gasteiger partial charge on any atom is -0.465 e. The van der Waals surface area contributed by atoms with E-state index in [0.717, 1.165) is 35.7 Å². The van der Waals surface area contributed by atoms with Gasteiger partial charge in [-0.25, -0.2) is 4.79 Å². The van der Waals surface area contributed by atoms with Gasteiger partial charge >= 0.3 is 5.97 Å². The fourth-order valence-corrected chi connectivity index (χ4v) is 4.04. The predicted octanol–water partition coefficient (Wildman–Crippen LogP) is 6.39. The summed E-state index contributed by atoms with van der Waals surface area (Å²) >= 11 is 1.11. The second-order valence-corrected chi connectivity index (χ2v) is 7.80. The Bertz CT molecular complexity index is 969. The Hall–Kier alpha value is -3.11. The van der Waals surface area contributed by atoms with Crippen LogP contribution < -0.4 is 0 Å². The Labute approximate surface area is 181 Å². The van der Waals surface area contributed by atoms with Crippen LogP contribution in [-0.4, -0.2) is 18.2 Å². The minimum atomic E-state index is -0.427. The molecule has 152 valence electrons. The Morgan fingerprint density at radius 1 is 0.833 bits per heavy atom. The van der Waals surface area contributed by atoms with Crippen LogP contribution in [0.4, 0.5) is 0 Å². The first-order valence-corrected chi connectivity index (χ1v) is 10.7. The van der Waals surface area contributed by atoms with E-state index in [1.54, 1.807) is 18.2 Å². The summed E-state index contributed by atoms with van der Waals surface area (Å²) < 4.78 is 4.80. The topological polar surface area (TPSA) is 43.4 Å². The number of hydrogen-bond donors (Lipinski definition) is 0. The van der Waals surface area contributed by atoms with Crippen molar-refractivity contribution in [1.29, 1.82) is 0 Å². The molecule has 0 saturated heterocycles. The average Bonchev–Trinajstić information content (AvgIpc) is 2.80. The molecule has 0 aliphatic rings. The number of allylic oxidation sites excluding steroid dienone is 1. The van der Waals surface area contributed by atoms with Crippen molar-refractivity contribution in [3.8, 4) is 0 Å². The molecule has 0 aliphatic heterocycles. The van der Waals surface area contributed by atoms with Crippen molar-refractivity contribution in [2.45, 2.75) is 24.2 Å². The van der Waals surface area contributed by atoms with Crippen molar-refractivity contribution >= 4 is 28.4 Å². The van der Waals surface area contributed by atoms with Crippen LogP contribution in [0.5, 0.6) is 0 Å². The number of ether oxygens (including phenoxy) is 1. The monoisotopic (exact) mass is 416 g/mol. The highest BCUT2D eigenvalue weighted by Crippen LogP contribution is 2.27. The lowest BCUT2D eigenvalue weighted by Crippen LogP contribution is -2.04. The molecule has 0 bridgehead atoms. The van der Waals surface area contributed by atoms with E-state index in [-0.39, 0.29) is 5.12 Å². The van der Waals surface area contributed by atoms with E-state index in [4.69, 9.17) is 4.74 Å². The molecule has 3 rings (SSSR count). The van der Waals surface area contributed by atoms with Crippen LogP contribution in [0.2, 0.25) is 0 Å². The number of hydrogen-bond acceptors (Lipinski definition) is 4. The summed E-state index contributed by atoms with van der Waals surface area (Å²) in [5.74, 6) is -0.427. The zero-order valence-electron chi connectivity index (χ0n) is 16.9. The SMILES string of the molecule is COC(=O)c1ccccc1SC(=O)CCCC=C(c1ccccc1)c1ccccc1. The molecule has 0 unspecified atom stereocenters. The van der Waals surface area contributed by atoms with E-state index in [2.05, 4.69) is 30.3 Å². The van der Waals surface area contributed by atoms with Gasteiger partial charge in [-0.15, -0.1) is 0 Å². The molecule has 0 amide bonds. The van der Waals surface area contributed by atoms with Gasteiger partial charge < -0.3 is 4.74 Å². The summed E-state index contributed by atoms with van der Waals surface area (Å²) in [4.78, 5) is 25.0. The lowest BCUT2D eigenvalue weighted by atomic mass is 9.96. The first kappa shape index (κ1) is 21.6. The van der Waals surface area contributed by atoms with Crippen LogP contribution in [0.1, 0.15) is 40.7 Å². The van der Waals surface area contributed by atoms with Crippen molar-refractivity contribution < 1.29 is 14.3 Å². The third kappa shape index (κ3) is 5.94. The van der Waals surface area contributed by atoms with Crippen LogP contribution in [0.15, 0.2) is 95.9 Å². The molecular formula is C26H24O3S. The second-order valence-electron chi connectivity index (χ2n) is 6.70. The maximum atomic E-state index is 12.5. The fourth-order valence-electron chi connectivity index (χ4n) is 3.14. The molecule has 0 saturated carbocycles. The maximum Gasteiger partial charge on any atom is 0.339 e. The van der Waals surface area contributed by atoms with Crippen molar-refractivity contribution in [1.82, 2.24) is 0 Å². The Kier molecular flexibility index (Phi) is 8.04. The van der Waals surface area contributed by atoms with Gasteiger partial charge in [0.25, 0.3) is 0 Å². The number of carbonyl (C=O) groups excluding carboxylic acids is 2. The van der Waals surface area contributed by atoms with Crippen molar-refractivity contribution in [3.63, 3.8) is 0 Å². The maximum absolute atomic E-state index is 12.5. The number of thioether (sulfide) groups is 1. The fraction of sp³-hybridized carbons (Fsp3) is 0.154. The van der Waals surface area contributed by atoms with Gasteiger partial charge in [0, 0.05) is 11.3 Å². The molecular weight excluding hydrogens is 392 g/mol. The molecule has 30 heavy (non-hydrogen) atoms. The summed E-state index contributed by atoms with van der Waals surface area (Å²) in [6, 6.07) is 27.6. The normalized spacial score (nSPS) is 10.3. The predicted molar refractivity (Wildman–Crippen MR) is 122 cm³/mol. The lowest BCUT2D eigenvalue weighted by molar-refractivity contribution is -0.111. The molecule has 3 aromatic rings.